The molecule has 0 spiro atoms. The number of amidine groups is 2. The standard InChI is InChI=1S/C24H37N5O4/c1-4-6-10-28-22-21(27(9-5-2)19(14-30)26-22)23(32)29(24(28)33)13-20(31)25-15(3)18-12-16-7-8-17(18)11-16/h15-18,21,30H,4-14H2,1-3H3/p+1. The van der Waals surface area contributed by atoms with Crippen molar-refractivity contribution >= 4 is 29.5 Å². The number of unbranched alkanes of at least 4 members (excludes halogenated alkanes) is 1. The van der Waals surface area contributed by atoms with Crippen molar-refractivity contribution in [1.82, 2.24) is 15.1 Å². The zero-order valence-corrected chi connectivity index (χ0v) is 20.1. The molecule has 0 radical (unpaired) electrons. The van der Waals surface area contributed by atoms with Crippen LogP contribution in [0.1, 0.15) is 65.7 Å². The summed E-state index contributed by atoms with van der Waals surface area (Å²) in [5, 5.41) is 12.9. The minimum Gasteiger partial charge on any atom is -0.384 e. The number of rotatable bonds is 10. The highest BCUT2D eigenvalue weighted by Crippen LogP contribution is 2.49. The molecule has 2 saturated carbocycles. The number of aliphatic imine (C=N–C) groups is 1. The van der Waals surface area contributed by atoms with Gasteiger partial charge in [-0.15, -0.1) is 0 Å². The average Bonchev–Trinajstić information content (AvgIpc) is 3.51. The van der Waals surface area contributed by atoms with Crippen LogP contribution in [-0.2, 0) is 9.59 Å². The molecule has 2 N–H and O–H groups in total. The number of carbonyl (C=O) groups is 3. The lowest BCUT2D eigenvalue weighted by Gasteiger charge is -2.35. The maximum atomic E-state index is 13.4. The minimum atomic E-state index is -0.766. The Labute approximate surface area is 195 Å². The molecule has 9 heteroatoms. The normalized spacial score (nSPS) is 29.6. The molecular formula is C24H38N5O4+. The fourth-order valence-corrected chi connectivity index (χ4v) is 6.24. The first kappa shape index (κ1) is 23.9. The second-order valence-electron chi connectivity index (χ2n) is 10.0. The van der Waals surface area contributed by atoms with Gasteiger partial charge in [0.1, 0.15) is 13.2 Å². The molecule has 5 atom stereocenters. The Kier molecular flexibility index (Phi) is 7.16. The summed E-state index contributed by atoms with van der Waals surface area (Å²) in [4.78, 5) is 46.8. The van der Waals surface area contributed by atoms with Crippen molar-refractivity contribution in [2.24, 2.45) is 22.7 Å². The molecule has 9 nitrogen and oxygen atoms in total. The Morgan fingerprint density at radius 1 is 1.21 bits per heavy atom. The molecule has 33 heavy (non-hydrogen) atoms. The molecule has 0 aromatic heterocycles. The summed E-state index contributed by atoms with van der Waals surface area (Å²) in [5.74, 6) is 1.99. The van der Waals surface area contributed by atoms with Crippen LogP contribution < -0.4 is 5.32 Å². The SMILES string of the molecule is CCCCN1C(=O)N(CC(=O)NC(C)C2CC3CCC2C3)C(=O)C2C1=NC(CO)=[N+]2CCC. The van der Waals surface area contributed by atoms with Crippen molar-refractivity contribution in [2.45, 2.75) is 77.8 Å². The smallest absolute Gasteiger partial charge is 0.334 e. The fourth-order valence-electron chi connectivity index (χ4n) is 6.24. The number of carbonyl (C=O) groups excluding carboxylic acids is 3. The fraction of sp³-hybridized carbons (Fsp3) is 0.792. The zero-order chi connectivity index (χ0) is 23.7. The van der Waals surface area contributed by atoms with Crippen LogP contribution in [0.15, 0.2) is 4.99 Å². The van der Waals surface area contributed by atoms with Gasteiger partial charge in [0.15, 0.2) is 0 Å². The van der Waals surface area contributed by atoms with E-state index in [1.165, 1.54) is 24.2 Å². The van der Waals surface area contributed by atoms with Gasteiger partial charge >= 0.3 is 11.9 Å². The first-order valence-electron chi connectivity index (χ1n) is 12.6. The van der Waals surface area contributed by atoms with Crippen LogP contribution in [0.2, 0.25) is 0 Å². The van der Waals surface area contributed by atoms with E-state index in [-0.39, 0.29) is 25.1 Å². The van der Waals surface area contributed by atoms with Gasteiger partial charge in [-0.2, -0.15) is 0 Å². The Hall–Kier alpha value is -2.29. The van der Waals surface area contributed by atoms with Crippen molar-refractivity contribution in [1.29, 1.82) is 0 Å². The van der Waals surface area contributed by atoms with Crippen LogP contribution in [0, 0.1) is 17.8 Å². The number of hydrogen-bond donors (Lipinski definition) is 2. The molecule has 1 saturated heterocycles. The summed E-state index contributed by atoms with van der Waals surface area (Å²) >= 11 is 0. The first-order chi connectivity index (χ1) is 15.9. The first-order valence-corrected chi connectivity index (χ1v) is 12.6. The molecule has 4 amide bonds. The molecule has 0 aromatic carbocycles. The van der Waals surface area contributed by atoms with Crippen molar-refractivity contribution in [2.75, 3.05) is 26.2 Å². The lowest BCUT2D eigenvalue weighted by atomic mass is 9.84. The summed E-state index contributed by atoms with van der Waals surface area (Å²) < 4.78 is 1.77. The monoisotopic (exact) mass is 460 g/mol. The number of aliphatic hydroxyl groups excluding tert-OH is 1. The molecule has 4 aliphatic rings. The van der Waals surface area contributed by atoms with Gasteiger partial charge in [-0.25, -0.2) is 9.37 Å². The van der Waals surface area contributed by atoms with Crippen LogP contribution >= 0.6 is 0 Å². The lowest BCUT2D eigenvalue weighted by molar-refractivity contribution is -0.536. The number of nitrogens with zero attached hydrogens (tertiary/aromatic N) is 4. The van der Waals surface area contributed by atoms with Crippen LogP contribution in [0.5, 0.6) is 0 Å². The van der Waals surface area contributed by atoms with E-state index in [0.29, 0.717) is 36.6 Å². The van der Waals surface area contributed by atoms with Crippen molar-refractivity contribution in [3.63, 3.8) is 0 Å². The van der Waals surface area contributed by atoms with Crippen LogP contribution in [0.4, 0.5) is 4.79 Å². The molecule has 0 aromatic rings. The molecular weight excluding hydrogens is 422 g/mol. The number of nitrogens with one attached hydrogen (secondary N) is 1. The number of aliphatic hydroxyl groups is 1. The average molecular weight is 461 g/mol. The third-order valence-electron chi connectivity index (χ3n) is 7.84. The Balaban J connectivity index is 1.50. The van der Waals surface area contributed by atoms with Crippen LogP contribution in [0.25, 0.3) is 0 Å². The second kappa shape index (κ2) is 9.91. The van der Waals surface area contributed by atoms with Crippen molar-refractivity contribution in [3.05, 3.63) is 0 Å². The van der Waals surface area contributed by atoms with Crippen LogP contribution in [0.3, 0.4) is 0 Å². The molecule has 5 unspecified atom stereocenters. The third kappa shape index (κ3) is 4.44. The van der Waals surface area contributed by atoms with Gasteiger partial charge in [0, 0.05) is 12.6 Å². The van der Waals surface area contributed by atoms with Gasteiger partial charge in [-0.05, 0) is 61.8 Å². The predicted octanol–water partition coefficient (Wildman–Crippen LogP) is 1.59. The lowest BCUT2D eigenvalue weighted by Crippen LogP contribution is -2.65. The van der Waals surface area contributed by atoms with Gasteiger partial charge in [-0.1, -0.05) is 26.7 Å². The molecule has 2 bridgehead atoms. The van der Waals surface area contributed by atoms with Gasteiger partial charge in [-0.3, -0.25) is 19.4 Å². The topological polar surface area (TPSA) is 105 Å². The third-order valence-corrected chi connectivity index (χ3v) is 7.84. The van der Waals surface area contributed by atoms with E-state index >= 15 is 0 Å². The minimum absolute atomic E-state index is 0.0357. The highest BCUT2D eigenvalue weighted by atomic mass is 16.3. The van der Waals surface area contributed by atoms with E-state index in [1.807, 2.05) is 20.8 Å². The molecule has 3 fully saturated rings. The van der Waals surface area contributed by atoms with Gasteiger partial charge in [0.25, 0.3) is 17.8 Å². The van der Waals surface area contributed by atoms with Gasteiger partial charge in [0.05, 0.1) is 6.54 Å². The van der Waals surface area contributed by atoms with E-state index < -0.39 is 18.0 Å². The molecule has 2 aliphatic carbocycles. The van der Waals surface area contributed by atoms with Gasteiger partial charge in [0.2, 0.25) is 5.91 Å². The maximum absolute atomic E-state index is 13.4. The quantitative estimate of drug-likeness (QED) is 0.483. The number of hydrogen-bond acceptors (Lipinski definition) is 5. The summed E-state index contributed by atoms with van der Waals surface area (Å²) in [6, 6.07) is -1.23. The van der Waals surface area contributed by atoms with E-state index in [2.05, 4.69) is 10.3 Å². The molecule has 2 aliphatic heterocycles. The summed E-state index contributed by atoms with van der Waals surface area (Å²) in [6.45, 7) is 6.44. The van der Waals surface area contributed by atoms with E-state index in [1.54, 1.807) is 4.58 Å². The number of imide groups is 1. The molecule has 2 heterocycles. The summed E-state index contributed by atoms with van der Waals surface area (Å²) in [7, 11) is 0. The molecule has 4 rings (SSSR count). The Morgan fingerprint density at radius 3 is 2.61 bits per heavy atom. The van der Waals surface area contributed by atoms with E-state index in [4.69, 9.17) is 0 Å². The summed E-state index contributed by atoms with van der Waals surface area (Å²) in [5.41, 5.74) is 0. The van der Waals surface area contributed by atoms with E-state index in [9.17, 15) is 19.5 Å². The zero-order valence-electron chi connectivity index (χ0n) is 20.1. The highest BCUT2D eigenvalue weighted by Gasteiger charge is 2.55. The number of fused-ring (bicyclic) bond motifs is 3. The highest BCUT2D eigenvalue weighted by molar-refractivity contribution is 6.23. The molecule has 182 valence electrons. The Bertz CT molecular complexity index is 869. The largest absolute Gasteiger partial charge is 0.384 e. The van der Waals surface area contributed by atoms with Crippen molar-refractivity contribution in [3.8, 4) is 0 Å². The second-order valence-corrected chi connectivity index (χ2v) is 10.0. The van der Waals surface area contributed by atoms with E-state index in [0.717, 1.165) is 36.5 Å². The summed E-state index contributed by atoms with van der Waals surface area (Å²) in [6.07, 6.45) is 7.37. The van der Waals surface area contributed by atoms with Crippen molar-refractivity contribution < 1.29 is 24.1 Å². The van der Waals surface area contributed by atoms with Gasteiger partial charge < -0.3 is 10.4 Å². The predicted molar refractivity (Wildman–Crippen MR) is 124 cm³/mol. The number of urea groups is 1. The Morgan fingerprint density at radius 2 is 2.00 bits per heavy atom. The maximum Gasteiger partial charge on any atom is 0.334 e. The van der Waals surface area contributed by atoms with Crippen LogP contribution in [-0.4, -0.2) is 87.3 Å². The number of amides is 4.